The molecule has 0 saturated carbocycles. The van der Waals surface area contributed by atoms with Gasteiger partial charge in [0, 0.05) is 12.4 Å². The Morgan fingerprint density at radius 3 is 3.09 bits per heavy atom. The van der Waals surface area contributed by atoms with E-state index in [0.29, 0.717) is 12.4 Å². The number of hydrogen-bond acceptors (Lipinski definition) is 5. The minimum absolute atomic E-state index is 0.576. The lowest BCUT2D eigenvalue weighted by atomic mass is 10.4. The third kappa shape index (κ3) is 1.05. The van der Waals surface area contributed by atoms with Crippen molar-refractivity contribution >= 4 is 12.2 Å². The predicted octanol–water partition coefficient (Wildman–Crippen LogP) is -0.174. The van der Waals surface area contributed by atoms with Gasteiger partial charge in [0.15, 0.2) is 5.82 Å². The van der Waals surface area contributed by atoms with Gasteiger partial charge >= 0.3 is 0 Å². The molecule has 0 fully saturated rings. The molecule has 0 saturated heterocycles. The normalized spacial score (nSPS) is 14.8. The molecule has 0 bridgehead atoms. The highest BCUT2D eigenvalue weighted by molar-refractivity contribution is 5.62. The van der Waals surface area contributed by atoms with Crippen molar-refractivity contribution < 1.29 is 0 Å². The standard InChI is InChI=1S/C6H7N5/c7-11-3-5-6(10-4-11)9-2-1-8-5/h1-2,4H,3,7H2. The Hall–Kier alpha value is -1.49. The quantitative estimate of drug-likeness (QED) is 0.520. The van der Waals surface area contributed by atoms with E-state index in [9.17, 15) is 0 Å². The Balaban J connectivity index is 2.46. The molecule has 2 heterocycles. The second-order valence-corrected chi connectivity index (χ2v) is 2.24. The molecule has 1 aliphatic heterocycles. The van der Waals surface area contributed by atoms with Crippen LogP contribution in [0.1, 0.15) is 5.69 Å². The van der Waals surface area contributed by atoms with Gasteiger partial charge in [-0.15, -0.1) is 0 Å². The molecule has 56 valence electrons. The maximum absolute atomic E-state index is 5.47. The summed E-state index contributed by atoms with van der Waals surface area (Å²) in [6.45, 7) is 0.576. The number of rotatable bonds is 0. The van der Waals surface area contributed by atoms with Crippen molar-refractivity contribution in [2.45, 2.75) is 6.54 Å². The molecule has 1 aliphatic rings. The summed E-state index contributed by atoms with van der Waals surface area (Å²) in [5, 5.41) is 1.47. The first-order chi connectivity index (χ1) is 5.36. The van der Waals surface area contributed by atoms with Gasteiger partial charge in [0.2, 0.25) is 0 Å². The molecule has 2 rings (SSSR count). The van der Waals surface area contributed by atoms with Crippen LogP contribution in [0.4, 0.5) is 5.82 Å². The molecule has 2 N–H and O–H groups in total. The van der Waals surface area contributed by atoms with Gasteiger partial charge in [-0.3, -0.25) is 9.99 Å². The summed E-state index contributed by atoms with van der Waals surface area (Å²) >= 11 is 0. The van der Waals surface area contributed by atoms with Crippen LogP contribution in [0.5, 0.6) is 0 Å². The Labute approximate surface area is 63.6 Å². The molecule has 0 unspecified atom stereocenters. The monoisotopic (exact) mass is 149 g/mol. The van der Waals surface area contributed by atoms with E-state index in [4.69, 9.17) is 5.84 Å². The number of nitrogens with two attached hydrogens (primary N) is 1. The highest BCUT2D eigenvalue weighted by atomic mass is 15.4. The predicted molar refractivity (Wildman–Crippen MR) is 39.9 cm³/mol. The number of fused-ring (bicyclic) bond motifs is 1. The third-order valence-electron chi connectivity index (χ3n) is 1.41. The Bertz CT molecular complexity index is 295. The molecule has 5 heteroatoms. The summed E-state index contributed by atoms with van der Waals surface area (Å²) in [5.41, 5.74) is 0.817. The van der Waals surface area contributed by atoms with Gasteiger partial charge in [-0.2, -0.15) is 0 Å². The third-order valence-corrected chi connectivity index (χ3v) is 1.41. The average molecular weight is 149 g/mol. The van der Waals surface area contributed by atoms with E-state index in [1.54, 1.807) is 12.4 Å². The van der Waals surface area contributed by atoms with Gasteiger partial charge in [-0.25, -0.2) is 15.8 Å². The van der Waals surface area contributed by atoms with Gasteiger partial charge in [0.1, 0.15) is 12.0 Å². The van der Waals surface area contributed by atoms with E-state index in [1.165, 1.54) is 11.3 Å². The van der Waals surface area contributed by atoms with Crippen molar-refractivity contribution in [2.24, 2.45) is 10.8 Å². The number of aromatic nitrogens is 2. The molecule has 1 aromatic heterocycles. The highest BCUT2D eigenvalue weighted by Gasteiger charge is 2.09. The lowest BCUT2D eigenvalue weighted by Gasteiger charge is -2.16. The summed E-state index contributed by atoms with van der Waals surface area (Å²) in [4.78, 5) is 12.1. The van der Waals surface area contributed by atoms with Crippen LogP contribution < -0.4 is 5.84 Å². The summed E-state index contributed by atoms with van der Waals surface area (Å²) in [7, 11) is 0. The van der Waals surface area contributed by atoms with Gasteiger partial charge in [0.05, 0.1) is 6.54 Å². The van der Waals surface area contributed by atoms with Crippen molar-refractivity contribution in [2.75, 3.05) is 0 Å². The van der Waals surface area contributed by atoms with Crippen LogP contribution in [-0.4, -0.2) is 21.3 Å². The number of nitrogens with zero attached hydrogens (tertiary/aromatic N) is 4. The molecule has 0 spiro atoms. The van der Waals surface area contributed by atoms with Crippen molar-refractivity contribution in [1.82, 2.24) is 15.0 Å². The first-order valence-electron chi connectivity index (χ1n) is 3.21. The van der Waals surface area contributed by atoms with Gasteiger partial charge < -0.3 is 0 Å². The number of hydrazine groups is 1. The average Bonchev–Trinajstić information content (AvgIpc) is 2.04. The van der Waals surface area contributed by atoms with Crippen molar-refractivity contribution in [1.29, 1.82) is 0 Å². The lowest BCUT2D eigenvalue weighted by molar-refractivity contribution is 0.434. The van der Waals surface area contributed by atoms with Crippen molar-refractivity contribution in [3.8, 4) is 0 Å². The van der Waals surface area contributed by atoms with Crippen LogP contribution >= 0.6 is 0 Å². The summed E-state index contributed by atoms with van der Waals surface area (Å²) in [6, 6.07) is 0. The van der Waals surface area contributed by atoms with Gasteiger partial charge in [0.25, 0.3) is 0 Å². The fourth-order valence-electron chi connectivity index (χ4n) is 0.921. The molecular weight excluding hydrogens is 142 g/mol. The molecule has 0 amide bonds. The molecule has 0 atom stereocenters. The Morgan fingerprint density at radius 2 is 2.18 bits per heavy atom. The zero-order chi connectivity index (χ0) is 7.68. The molecule has 0 aliphatic carbocycles. The Kier molecular flexibility index (Phi) is 1.29. The van der Waals surface area contributed by atoms with Crippen LogP contribution in [0.25, 0.3) is 0 Å². The summed E-state index contributed by atoms with van der Waals surface area (Å²) < 4.78 is 0. The lowest BCUT2D eigenvalue weighted by Crippen LogP contribution is -2.31. The second kappa shape index (κ2) is 2.28. The van der Waals surface area contributed by atoms with E-state index in [2.05, 4.69) is 15.0 Å². The maximum atomic E-state index is 5.47. The van der Waals surface area contributed by atoms with Crippen LogP contribution in [0.3, 0.4) is 0 Å². The van der Waals surface area contributed by atoms with E-state index in [0.717, 1.165) is 5.69 Å². The molecule has 11 heavy (non-hydrogen) atoms. The minimum atomic E-state index is 0.576. The van der Waals surface area contributed by atoms with Crippen LogP contribution in [0.15, 0.2) is 17.4 Å². The van der Waals surface area contributed by atoms with E-state index in [1.807, 2.05) is 0 Å². The topological polar surface area (TPSA) is 67.4 Å². The number of hydrogen-bond donors (Lipinski definition) is 1. The second-order valence-electron chi connectivity index (χ2n) is 2.24. The Morgan fingerprint density at radius 1 is 1.36 bits per heavy atom. The molecule has 0 radical (unpaired) electrons. The van der Waals surface area contributed by atoms with Gasteiger partial charge in [-0.1, -0.05) is 0 Å². The first kappa shape index (κ1) is 6.23. The van der Waals surface area contributed by atoms with Crippen molar-refractivity contribution in [3.05, 3.63) is 18.1 Å². The minimum Gasteiger partial charge on any atom is -0.295 e. The molecule has 5 nitrogen and oxygen atoms in total. The first-order valence-corrected chi connectivity index (χ1v) is 3.21. The van der Waals surface area contributed by atoms with Crippen molar-refractivity contribution in [3.63, 3.8) is 0 Å². The van der Waals surface area contributed by atoms with Gasteiger partial charge in [-0.05, 0) is 0 Å². The molecule has 1 aromatic rings. The molecule has 0 aromatic carbocycles. The van der Waals surface area contributed by atoms with E-state index >= 15 is 0 Å². The fraction of sp³-hybridized carbons (Fsp3) is 0.167. The largest absolute Gasteiger partial charge is 0.295 e. The SMILES string of the molecule is NN1C=Nc2nccnc2C1. The zero-order valence-electron chi connectivity index (χ0n) is 5.81. The fourth-order valence-corrected chi connectivity index (χ4v) is 0.921. The summed E-state index contributed by atoms with van der Waals surface area (Å²) in [6.07, 6.45) is 4.78. The van der Waals surface area contributed by atoms with E-state index in [-0.39, 0.29) is 0 Å². The number of aliphatic imine (C=N–C) groups is 1. The van der Waals surface area contributed by atoms with Crippen LogP contribution in [0.2, 0.25) is 0 Å². The zero-order valence-corrected chi connectivity index (χ0v) is 5.81. The van der Waals surface area contributed by atoms with Crippen LogP contribution in [0, 0.1) is 0 Å². The summed E-state index contributed by atoms with van der Waals surface area (Å²) in [5.74, 6) is 6.13. The van der Waals surface area contributed by atoms with E-state index < -0.39 is 0 Å². The smallest absolute Gasteiger partial charge is 0.177 e. The molecular formula is C6H7N5. The maximum Gasteiger partial charge on any atom is 0.177 e. The highest BCUT2D eigenvalue weighted by Crippen LogP contribution is 2.15. The van der Waals surface area contributed by atoms with Crippen LogP contribution in [-0.2, 0) is 6.54 Å².